The molecule has 0 radical (unpaired) electrons. The van der Waals surface area contributed by atoms with Crippen LogP contribution in [0.25, 0.3) is 11.3 Å². The van der Waals surface area contributed by atoms with Crippen LogP contribution in [-0.2, 0) is 0 Å². The predicted molar refractivity (Wildman–Crippen MR) is 87.4 cm³/mol. The zero-order valence-electron chi connectivity index (χ0n) is 13.3. The summed E-state index contributed by atoms with van der Waals surface area (Å²) in [5.41, 5.74) is 3.59. The summed E-state index contributed by atoms with van der Waals surface area (Å²) in [5, 5.41) is 0. The third-order valence-corrected chi connectivity index (χ3v) is 4.54. The number of para-hydroxylation sites is 1. The van der Waals surface area contributed by atoms with Gasteiger partial charge in [-0.3, -0.25) is 9.78 Å². The van der Waals surface area contributed by atoms with Crippen molar-refractivity contribution < 1.29 is 9.53 Å². The van der Waals surface area contributed by atoms with Crippen LogP contribution in [0.1, 0.15) is 48.7 Å². The first-order chi connectivity index (χ1) is 10.7. The molecule has 1 heterocycles. The Bertz CT molecular complexity index is 708. The number of benzene rings is 1. The fourth-order valence-electron chi connectivity index (χ4n) is 3.27. The van der Waals surface area contributed by atoms with Gasteiger partial charge in [0.25, 0.3) is 0 Å². The number of nitrogens with zero attached hydrogens (tertiary/aromatic N) is 1. The van der Waals surface area contributed by atoms with Gasteiger partial charge >= 0.3 is 0 Å². The lowest BCUT2D eigenvalue weighted by Gasteiger charge is -2.27. The molecule has 1 aromatic heterocycles. The molecule has 1 aliphatic carbocycles. The number of methoxy groups -OCH3 is 1. The van der Waals surface area contributed by atoms with Crippen molar-refractivity contribution in [3.8, 4) is 17.0 Å². The van der Waals surface area contributed by atoms with Crippen LogP contribution in [0.2, 0.25) is 0 Å². The van der Waals surface area contributed by atoms with Crippen molar-refractivity contribution >= 4 is 5.78 Å². The Morgan fingerprint density at radius 3 is 2.68 bits per heavy atom. The zero-order valence-corrected chi connectivity index (χ0v) is 13.3. The average molecular weight is 295 g/mol. The molecule has 0 amide bonds. The number of fused-ring (bicyclic) bond motifs is 1. The minimum atomic E-state index is 0.0939. The molecule has 22 heavy (non-hydrogen) atoms. The van der Waals surface area contributed by atoms with E-state index in [9.17, 15) is 4.79 Å². The summed E-state index contributed by atoms with van der Waals surface area (Å²) >= 11 is 0. The second kappa shape index (κ2) is 5.91. The van der Waals surface area contributed by atoms with Crippen LogP contribution in [0.5, 0.6) is 5.75 Å². The maximum absolute atomic E-state index is 12.4. The molecule has 0 N–H and O–H groups in total. The van der Waals surface area contributed by atoms with Crippen molar-refractivity contribution in [3.63, 3.8) is 0 Å². The lowest BCUT2D eigenvalue weighted by molar-refractivity contribution is 0.0902. The molecule has 0 saturated carbocycles. The summed E-state index contributed by atoms with van der Waals surface area (Å²) in [6, 6.07) is 11.7. The highest BCUT2D eigenvalue weighted by Gasteiger charge is 2.31. The van der Waals surface area contributed by atoms with Crippen LogP contribution in [0, 0.1) is 5.92 Å². The van der Waals surface area contributed by atoms with E-state index in [4.69, 9.17) is 9.72 Å². The van der Waals surface area contributed by atoms with Gasteiger partial charge in [-0.1, -0.05) is 26.0 Å². The number of ether oxygens (including phenoxy) is 1. The van der Waals surface area contributed by atoms with E-state index in [0.717, 1.165) is 41.1 Å². The molecule has 0 bridgehead atoms. The second-order valence-corrected chi connectivity index (χ2v) is 5.94. The van der Waals surface area contributed by atoms with E-state index in [1.54, 1.807) is 7.11 Å². The normalized spacial score (nSPS) is 20.6. The summed E-state index contributed by atoms with van der Waals surface area (Å²) in [6.45, 7) is 4.18. The number of Topliss-reactive ketones (excluding diaryl/α,β-unsaturated/α-hetero) is 1. The van der Waals surface area contributed by atoms with Gasteiger partial charge in [0, 0.05) is 23.0 Å². The molecular weight excluding hydrogens is 274 g/mol. The number of aromatic nitrogens is 1. The highest BCUT2D eigenvalue weighted by Crippen LogP contribution is 2.38. The number of ketones is 1. The molecular formula is C19H21NO2. The van der Waals surface area contributed by atoms with Crippen molar-refractivity contribution in [2.45, 2.75) is 32.6 Å². The minimum absolute atomic E-state index is 0.0939. The molecule has 0 unspecified atom stereocenters. The third kappa shape index (κ3) is 2.41. The zero-order chi connectivity index (χ0) is 15.7. The van der Waals surface area contributed by atoms with Gasteiger partial charge in [0.2, 0.25) is 0 Å². The van der Waals surface area contributed by atoms with Gasteiger partial charge in [-0.25, -0.2) is 0 Å². The molecule has 0 aliphatic heterocycles. The topological polar surface area (TPSA) is 39.2 Å². The van der Waals surface area contributed by atoms with E-state index in [-0.39, 0.29) is 11.7 Å². The first-order valence-electron chi connectivity index (χ1n) is 7.84. The van der Waals surface area contributed by atoms with Gasteiger partial charge < -0.3 is 4.74 Å². The molecule has 114 valence electrons. The molecule has 3 rings (SSSR count). The number of carbonyl (C=O) groups is 1. The van der Waals surface area contributed by atoms with E-state index in [2.05, 4.69) is 6.92 Å². The predicted octanol–water partition coefficient (Wildman–Crippen LogP) is 4.47. The van der Waals surface area contributed by atoms with Crippen molar-refractivity contribution in [3.05, 3.63) is 47.7 Å². The Labute approximate surface area is 131 Å². The van der Waals surface area contributed by atoms with Crippen molar-refractivity contribution in [2.75, 3.05) is 7.11 Å². The van der Waals surface area contributed by atoms with Gasteiger partial charge in [-0.2, -0.15) is 0 Å². The standard InChI is InChI=1S/C19H21NO2/c1-4-13-11-12(2)19(21)15-9-10-16(20-18(13)15)14-7-5-6-8-17(14)22-3/h5-10,12-13H,4,11H2,1-3H3/t12-,13-/m0/s1. The first kappa shape index (κ1) is 14.8. The molecule has 2 atom stereocenters. The highest BCUT2D eigenvalue weighted by molar-refractivity contribution is 6.00. The summed E-state index contributed by atoms with van der Waals surface area (Å²) < 4.78 is 5.43. The van der Waals surface area contributed by atoms with Crippen LogP contribution < -0.4 is 4.74 Å². The summed E-state index contributed by atoms with van der Waals surface area (Å²) in [7, 11) is 1.66. The van der Waals surface area contributed by atoms with Crippen molar-refractivity contribution in [1.29, 1.82) is 0 Å². The Morgan fingerprint density at radius 2 is 1.95 bits per heavy atom. The van der Waals surface area contributed by atoms with E-state index in [0.29, 0.717) is 5.92 Å². The van der Waals surface area contributed by atoms with Crippen LogP contribution in [0.15, 0.2) is 36.4 Å². The van der Waals surface area contributed by atoms with E-state index in [1.807, 2.05) is 43.3 Å². The van der Waals surface area contributed by atoms with Gasteiger partial charge in [0.15, 0.2) is 5.78 Å². The van der Waals surface area contributed by atoms with Crippen molar-refractivity contribution in [1.82, 2.24) is 4.98 Å². The van der Waals surface area contributed by atoms with Gasteiger partial charge in [0.1, 0.15) is 5.75 Å². The Balaban J connectivity index is 2.12. The smallest absolute Gasteiger partial charge is 0.167 e. The molecule has 1 aromatic carbocycles. The first-order valence-corrected chi connectivity index (χ1v) is 7.84. The SMILES string of the molecule is CC[C@H]1C[C@H](C)C(=O)c2ccc(-c3ccccc3OC)nc21. The Hall–Kier alpha value is -2.16. The van der Waals surface area contributed by atoms with Crippen LogP contribution in [0.4, 0.5) is 0 Å². The Morgan fingerprint density at radius 1 is 1.18 bits per heavy atom. The third-order valence-electron chi connectivity index (χ3n) is 4.54. The quantitative estimate of drug-likeness (QED) is 0.838. The Kier molecular flexibility index (Phi) is 3.97. The molecule has 1 aliphatic rings. The summed E-state index contributed by atoms with van der Waals surface area (Å²) in [5.74, 6) is 1.48. The van der Waals surface area contributed by atoms with E-state index < -0.39 is 0 Å². The van der Waals surface area contributed by atoms with Gasteiger partial charge in [-0.05, 0) is 37.1 Å². The lowest BCUT2D eigenvalue weighted by atomic mass is 9.78. The lowest BCUT2D eigenvalue weighted by Crippen LogP contribution is -2.24. The monoisotopic (exact) mass is 295 g/mol. The number of pyridine rings is 1. The fourth-order valence-corrected chi connectivity index (χ4v) is 3.27. The maximum Gasteiger partial charge on any atom is 0.167 e. The fraction of sp³-hybridized carbons (Fsp3) is 0.368. The summed E-state index contributed by atoms with van der Waals surface area (Å²) in [6.07, 6.45) is 1.90. The molecule has 0 spiro atoms. The largest absolute Gasteiger partial charge is 0.496 e. The summed E-state index contributed by atoms with van der Waals surface area (Å²) in [4.78, 5) is 17.2. The van der Waals surface area contributed by atoms with E-state index >= 15 is 0 Å². The molecule has 2 aromatic rings. The average Bonchev–Trinajstić information content (AvgIpc) is 2.57. The molecule has 0 fully saturated rings. The van der Waals surface area contributed by atoms with Gasteiger partial charge in [0.05, 0.1) is 18.5 Å². The number of hydrogen-bond donors (Lipinski definition) is 0. The second-order valence-electron chi connectivity index (χ2n) is 5.94. The van der Waals surface area contributed by atoms with E-state index in [1.165, 1.54) is 0 Å². The number of hydrogen-bond acceptors (Lipinski definition) is 3. The molecule has 0 saturated heterocycles. The van der Waals surface area contributed by atoms with Crippen LogP contribution >= 0.6 is 0 Å². The van der Waals surface area contributed by atoms with Gasteiger partial charge in [-0.15, -0.1) is 0 Å². The molecule has 3 heteroatoms. The number of carbonyl (C=O) groups excluding carboxylic acids is 1. The molecule has 3 nitrogen and oxygen atoms in total. The number of rotatable bonds is 3. The minimum Gasteiger partial charge on any atom is -0.496 e. The maximum atomic E-state index is 12.4. The van der Waals surface area contributed by atoms with Crippen LogP contribution in [-0.4, -0.2) is 17.9 Å². The highest BCUT2D eigenvalue weighted by atomic mass is 16.5. The van der Waals surface area contributed by atoms with Crippen molar-refractivity contribution in [2.24, 2.45) is 5.92 Å². The van der Waals surface area contributed by atoms with Crippen LogP contribution in [0.3, 0.4) is 0 Å².